The molecule has 1 heterocycles. The molecule has 0 amide bonds. The molecule has 0 radical (unpaired) electrons. The van der Waals surface area contributed by atoms with Gasteiger partial charge in [0.05, 0.1) is 6.61 Å². The fourth-order valence-corrected chi connectivity index (χ4v) is 1.39. The Morgan fingerprint density at radius 2 is 2.05 bits per heavy atom. The minimum atomic E-state index is -4.15. The summed E-state index contributed by atoms with van der Waals surface area (Å²) >= 11 is 0. The van der Waals surface area contributed by atoms with Crippen LogP contribution in [0.3, 0.4) is 0 Å². The molecule has 1 rings (SSSR count). The highest BCUT2D eigenvalue weighted by Gasteiger charge is 2.40. The number of aromatic nitrogens is 1. The highest BCUT2D eigenvalue weighted by molar-refractivity contribution is 5.32. The van der Waals surface area contributed by atoms with Crippen LogP contribution in [-0.4, -0.2) is 36.6 Å². The molecule has 0 aromatic carbocycles. The third kappa shape index (κ3) is 5.39. The molecule has 1 atom stereocenters. The largest absolute Gasteiger partial charge is 0.384 e. The van der Waals surface area contributed by atoms with Gasteiger partial charge in [-0.3, -0.25) is 0 Å². The summed E-state index contributed by atoms with van der Waals surface area (Å²) in [6, 6.07) is 2.67. The van der Waals surface area contributed by atoms with Gasteiger partial charge in [-0.2, -0.15) is 8.78 Å². The van der Waals surface area contributed by atoms with Crippen LogP contribution in [0.1, 0.15) is 5.56 Å². The number of nitrogen functional groups attached to an aromatic ring is 1. The molecule has 19 heavy (non-hydrogen) atoms. The second-order valence-electron chi connectivity index (χ2n) is 4.13. The van der Waals surface area contributed by atoms with E-state index in [1.807, 2.05) is 0 Å². The van der Waals surface area contributed by atoms with Crippen LogP contribution in [0.25, 0.3) is 0 Å². The monoisotopic (exact) mass is 281 g/mol. The van der Waals surface area contributed by atoms with E-state index in [0.717, 1.165) is 5.56 Å². The molecule has 0 saturated heterocycles. The number of hydrogen-bond donors (Lipinski definition) is 2. The summed E-state index contributed by atoms with van der Waals surface area (Å²) in [4.78, 5) is 3.78. The molecule has 0 aliphatic carbocycles. The van der Waals surface area contributed by atoms with Gasteiger partial charge in [0, 0.05) is 12.2 Å². The van der Waals surface area contributed by atoms with E-state index in [4.69, 9.17) is 11.5 Å². The van der Waals surface area contributed by atoms with E-state index < -0.39 is 25.0 Å². The SMILES string of the molecule is Nc1cc(CC(N)COCC(F)(F)C(F)F)ccn1. The van der Waals surface area contributed by atoms with Crippen LogP contribution in [-0.2, 0) is 11.2 Å². The molecule has 0 fully saturated rings. The fraction of sp³-hybridized carbons (Fsp3) is 0.545. The number of rotatable bonds is 7. The number of pyridine rings is 1. The van der Waals surface area contributed by atoms with Gasteiger partial charge in [-0.25, -0.2) is 13.8 Å². The first-order valence-corrected chi connectivity index (χ1v) is 5.51. The highest BCUT2D eigenvalue weighted by atomic mass is 19.3. The van der Waals surface area contributed by atoms with Gasteiger partial charge in [0.25, 0.3) is 0 Å². The number of hydrogen-bond acceptors (Lipinski definition) is 4. The summed E-state index contributed by atoms with van der Waals surface area (Å²) < 4.78 is 53.3. The second-order valence-corrected chi connectivity index (χ2v) is 4.13. The Kier molecular flexibility index (Phi) is 5.49. The van der Waals surface area contributed by atoms with Crippen molar-refractivity contribution in [1.29, 1.82) is 0 Å². The second kappa shape index (κ2) is 6.67. The predicted octanol–water partition coefficient (Wildman–Crippen LogP) is 1.45. The quantitative estimate of drug-likeness (QED) is 0.742. The molecule has 1 aromatic heterocycles. The van der Waals surface area contributed by atoms with Gasteiger partial charge >= 0.3 is 12.3 Å². The maximum atomic E-state index is 12.5. The minimum absolute atomic E-state index is 0.245. The molecule has 4 N–H and O–H groups in total. The van der Waals surface area contributed by atoms with Crippen LogP contribution >= 0.6 is 0 Å². The van der Waals surface area contributed by atoms with Crippen molar-refractivity contribution in [3.63, 3.8) is 0 Å². The summed E-state index contributed by atoms with van der Waals surface area (Å²) in [5, 5.41) is 0. The summed E-state index contributed by atoms with van der Waals surface area (Å²) in [6.45, 7) is -1.60. The molecule has 108 valence electrons. The van der Waals surface area contributed by atoms with E-state index in [9.17, 15) is 17.6 Å². The molecule has 0 aliphatic rings. The van der Waals surface area contributed by atoms with Crippen LogP contribution in [0.4, 0.5) is 23.4 Å². The van der Waals surface area contributed by atoms with Gasteiger partial charge in [-0.05, 0) is 24.1 Å². The Hall–Kier alpha value is -1.41. The lowest BCUT2D eigenvalue weighted by molar-refractivity contribution is -0.166. The van der Waals surface area contributed by atoms with Crippen molar-refractivity contribution in [2.24, 2.45) is 5.73 Å². The first kappa shape index (κ1) is 15.6. The lowest BCUT2D eigenvalue weighted by Gasteiger charge is -2.17. The zero-order valence-corrected chi connectivity index (χ0v) is 10.0. The number of nitrogens with zero attached hydrogens (tertiary/aromatic N) is 1. The van der Waals surface area contributed by atoms with Crippen molar-refractivity contribution in [1.82, 2.24) is 4.98 Å². The van der Waals surface area contributed by atoms with E-state index in [2.05, 4.69) is 9.72 Å². The van der Waals surface area contributed by atoms with Crippen LogP contribution in [0.2, 0.25) is 0 Å². The molecule has 1 unspecified atom stereocenters. The van der Waals surface area contributed by atoms with Crippen LogP contribution in [0.5, 0.6) is 0 Å². The lowest BCUT2D eigenvalue weighted by atomic mass is 10.1. The summed E-state index contributed by atoms with van der Waals surface area (Å²) in [5.41, 5.74) is 11.9. The first-order valence-electron chi connectivity index (χ1n) is 5.51. The molecule has 0 saturated carbocycles. The van der Waals surface area contributed by atoms with Crippen molar-refractivity contribution in [2.45, 2.75) is 24.8 Å². The van der Waals surface area contributed by atoms with E-state index >= 15 is 0 Å². The van der Waals surface area contributed by atoms with Gasteiger partial charge < -0.3 is 16.2 Å². The molecule has 0 bridgehead atoms. The van der Waals surface area contributed by atoms with Crippen molar-refractivity contribution in [3.05, 3.63) is 23.9 Å². The zero-order chi connectivity index (χ0) is 14.5. The molecule has 4 nitrogen and oxygen atoms in total. The first-order chi connectivity index (χ1) is 8.81. The van der Waals surface area contributed by atoms with Gasteiger partial charge in [-0.15, -0.1) is 0 Å². The Balaban J connectivity index is 2.34. The lowest BCUT2D eigenvalue weighted by Crippen LogP contribution is -2.36. The molecular weight excluding hydrogens is 266 g/mol. The summed E-state index contributed by atoms with van der Waals surface area (Å²) in [7, 11) is 0. The Morgan fingerprint density at radius 1 is 1.37 bits per heavy atom. The minimum Gasteiger partial charge on any atom is -0.384 e. The Bertz CT molecular complexity index is 403. The fourth-order valence-electron chi connectivity index (χ4n) is 1.39. The smallest absolute Gasteiger partial charge is 0.330 e. The molecular formula is C11H15F4N3O. The maximum Gasteiger partial charge on any atom is 0.330 e. The average Bonchev–Trinajstić information content (AvgIpc) is 2.28. The molecule has 0 spiro atoms. The van der Waals surface area contributed by atoms with Crippen molar-refractivity contribution in [3.8, 4) is 0 Å². The topological polar surface area (TPSA) is 74.2 Å². The average molecular weight is 281 g/mol. The Morgan fingerprint density at radius 3 is 2.63 bits per heavy atom. The van der Waals surface area contributed by atoms with E-state index in [-0.39, 0.29) is 6.61 Å². The van der Waals surface area contributed by atoms with Crippen molar-refractivity contribution < 1.29 is 22.3 Å². The summed E-state index contributed by atoms with van der Waals surface area (Å²) in [6.07, 6.45) is -1.93. The number of nitrogens with two attached hydrogens (primary N) is 2. The van der Waals surface area contributed by atoms with Gasteiger partial charge in [0.2, 0.25) is 0 Å². The van der Waals surface area contributed by atoms with Crippen LogP contribution in [0, 0.1) is 0 Å². The normalized spacial score (nSPS) is 13.8. The number of anilines is 1. The highest BCUT2D eigenvalue weighted by Crippen LogP contribution is 2.22. The van der Waals surface area contributed by atoms with Gasteiger partial charge in [0.15, 0.2) is 0 Å². The van der Waals surface area contributed by atoms with E-state index in [0.29, 0.717) is 12.2 Å². The van der Waals surface area contributed by atoms with Gasteiger partial charge in [0.1, 0.15) is 12.4 Å². The molecule has 1 aromatic rings. The van der Waals surface area contributed by atoms with Crippen LogP contribution < -0.4 is 11.5 Å². The molecule has 8 heteroatoms. The van der Waals surface area contributed by atoms with E-state index in [1.165, 1.54) is 6.20 Å². The predicted molar refractivity (Wildman–Crippen MR) is 62.1 cm³/mol. The third-order valence-corrected chi connectivity index (χ3v) is 2.29. The van der Waals surface area contributed by atoms with Crippen LogP contribution in [0.15, 0.2) is 18.3 Å². The maximum absolute atomic E-state index is 12.5. The van der Waals surface area contributed by atoms with Gasteiger partial charge in [-0.1, -0.05) is 0 Å². The standard InChI is InChI=1S/C11H15F4N3O/c12-10(13)11(14,15)6-19-5-8(16)3-7-1-2-18-9(17)4-7/h1-2,4,8,10H,3,5-6,16H2,(H2,17,18). The third-order valence-electron chi connectivity index (χ3n) is 2.29. The van der Waals surface area contributed by atoms with Crippen molar-refractivity contribution >= 4 is 5.82 Å². The summed E-state index contributed by atoms with van der Waals surface area (Å²) in [5.74, 6) is -3.84. The number of ether oxygens (including phenoxy) is 1. The number of halogens is 4. The zero-order valence-electron chi connectivity index (χ0n) is 10.0. The molecule has 0 aliphatic heterocycles. The number of alkyl halides is 4. The Labute approximate surface area is 107 Å². The van der Waals surface area contributed by atoms with E-state index in [1.54, 1.807) is 12.1 Å². The van der Waals surface area contributed by atoms with Crippen molar-refractivity contribution in [2.75, 3.05) is 18.9 Å².